The summed E-state index contributed by atoms with van der Waals surface area (Å²) in [4.78, 5) is 16.8. The first-order chi connectivity index (χ1) is 2.64. The van der Waals surface area contributed by atoms with Crippen LogP contribution >= 0.6 is 0 Å². The van der Waals surface area contributed by atoms with Gasteiger partial charge in [0, 0.05) is 0 Å². The molecule has 2 N–H and O–H groups in total. The number of carbonyl (C=O) groups is 1. The standard InChI is InChI=1S/CH2O4Si/c2-1(3)6(4)5/h4H,(H,2,3). The molecule has 0 spiro atoms. The van der Waals surface area contributed by atoms with Gasteiger partial charge >= 0.3 is 14.5 Å². The number of carboxylic acid groups (broad SMARTS) is 1. The maximum Gasteiger partial charge on any atom is 0.622 e. The second-order valence-corrected chi connectivity index (χ2v) is 1.65. The van der Waals surface area contributed by atoms with Gasteiger partial charge in [-0.05, 0) is 0 Å². The van der Waals surface area contributed by atoms with Crippen LogP contribution in [-0.2, 0) is 4.46 Å². The van der Waals surface area contributed by atoms with E-state index in [1.165, 1.54) is 0 Å². The predicted octanol–water partition coefficient (Wildman–Crippen LogP) is -0.843. The van der Waals surface area contributed by atoms with E-state index in [-0.39, 0.29) is 0 Å². The average molecular weight is 106 g/mol. The van der Waals surface area contributed by atoms with E-state index in [2.05, 4.69) is 0 Å². The Morgan fingerprint density at radius 2 is 1.83 bits per heavy atom. The molecular weight excluding hydrogens is 104 g/mol. The van der Waals surface area contributed by atoms with E-state index in [0.29, 0.717) is 0 Å². The molecule has 5 heteroatoms. The highest BCUT2D eigenvalue weighted by molar-refractivity contribution is 6.70. The Bertz CT molecular complexity index is 73.5. The Morgan fingerprint density at radius 1 is 1.67 bits per heavy atom. The molecule has 6 heavy (non-hydrogen) atoms. The Hall–Kier alpha value is -0.713. The van der Waals surface area contributed by atoms with E-state index in [0.717, 1.165) is 0 Å². The highest BCUT2D eigenvalue weighted by Crippen LogP contribution is 1.59. The molecular formula is CH2O4Si. The molecule has 0 saturated heterocycles. The third-order valence-corrected chi connectivity index (χ3v) is 0.549. The van der Waals surface area contributed by atoms with Gasteiger partial charge in [0.2, 0.25) is 0 Å². The van der Waals surface area contributed by atoms with E-state index in [1.54, 1.807) is 0 Å². The van der Waals surface area contributed by atoms with E-state index in [4.69, 9.17) is 9.90 Å². The van der Waals surface area contributed by atoms with Crippen LogP contribution in [0.1, 0.15) is 0 Å². The molecule has 0 aromatic heterocycles. The van der Waals surface area contributed by atoms with Crippen LogP contribution in [0.2, 0.25) is 0 Å². The molecule has 34 valence electrons. The van der Waals surface area contributed by atoms with E-state index in [9.17, 15) is 9.26 Å². The van der Waals surface area contributed by atoms with Crippen LogP contribution in [0.4, 0.5) is 4.79 Å². The van der Waals surface area contributed by atoms with Gasteiger partial charge in [-0.25, -0.2) is 4.79 Å². The highest BCUT2D eigenvalue weighted by Gasteiger charge is 2.10. The first-order valence-corrected chi connectivity index (χ1v) is 2.46. The number of hydrogen-bond acceptors (Lipinski definition) is 2. The van der Waals surface area contributed by atoms with Gasteiger partial charge < -0.3 is 14.4 Å². The quantitative estimate of drug-likeness (QED) is 0.427. The molecule has 0 aliphatic carbocycles. The van der Waals surface area contributed by atoms with Crippen molar-refractivity contribution in [1.29, 1.82) is 0 Å². The van der Waals surface area contributed by atoms with Crippen molar-refractivity contribution in [2.75, 3.05) is 0 Å². The van der Waals surface area contributed by atoms with Crippen molar-refractivity contribution in [3.05, 3.63) is 0 Å². The molecule has 0 heterocycles. The summed E-state index contributed by atoms with van der Waals surface area (Å²) in [6.45, 7) is 0. The molecule has 0 aliphatic rings. The minimum atomic E-state index is -3.28. The molecule has 0 radical (unpaired) electrons. The fraction of sp³-hybridized carbons (Fsp3) is 0. The first kappa shape index (κ1) is 5.29. The smallest absolute Gasteiger partial charge is 0.533 e. The number of rotatable bonds is 1. The van der Waals surface area contributed by atoms with Gasteiger partial charge in [0.15, 0.2) is 0 Å². The predicted molar refractivity (Wildman–Crippen MR) is 16.7 cm³/mol. The first-order valence-electron chi connectivity index (χ1n) is 1.11. The van der Waals surface area contributed by atoms with Crippen molar-refractivity contribution in [3.8, 4) is 0 Å². The Kier molecular flexibility index (Phi) is 1.46. The molecule has 0 aliphatic heterocycles. The second-order valence-electron chi connectivity index (χ2n) is 0.610. The maximum atomic E-state index is 9.28. The van der Waals surface area contributed by atoms with Crippen LogP contribution in [0.25, 0.3) is 0 Å². The highest BCUT2D eigenvalue weighted by atomic mass is 28.3. The molecule has 0 rings (SSSR count). The normalized spacial score (nSPS) is 7.33. The van der Waals surface area contributed by atoms with Crippen molar-refractivity contribution in [1.82, 2.24) is 0 Å². The second kappa shape index (κ2) is 1.66. The topological polar surface area (TPSA) is 74.6 Å². The van der Waals surface area contributed by atoms with E-state index < -0.39 is 14.5 Å². The minimum Gasteiger partial charge on any atom is -0.533 e. The molecule has 0 atom stereocenters. The molecule has 4 nitrogen and oxygen atoms in total. The van der Waals surface area contributed by atoms with Crippen LogP contribution in [0.5, 0.6) is 0 Å². The zero-order valence-electron chi connectivity index (χ0n) is 2.71. The summed E-state index contributed by atoms with van der Waals surface area (Å²) in [6, 6.07) is 0. The molecule has 0 amide bonds. The maximum absolute atomic E-state index is 9.28. The van der Waals surface area contributed by atoms with Crippen molar-refractivity contribution in [3.63, 3.8) is 0 Å². The van der Waals surface area contributed by atoms with Gasteiger partial charge in [0.05, 0.1) is 0 Å². The third-order valence-electron chi connectivity index (χ3n) is 0.183. The molecule has 0 unspecified atom stereocenters. The van der Waals surface area contributed by atoms with Gasteiger partial charge in [-0.1, -0.05) is 0 Å². The van der Waals surface area contributed by atoms with Crippen molar-refractivity contribution in [2.45, 2.75) is 0 Å². The fourth-order valence-corrected chi connectivity index (χ4v) is 0. The summed E-state index contributed by atoms with van der Waals surface area (Å²) in [5.74, 6) is 0. The summed E-state index contributed by atoms with van der Waals surface area (Å²) in [7, 11) is -3.28. The zero-order valence-corrected chi connectivity index (χ0v) is 3.71. The zero-order chi connectivity index (χ0) is 5.15. The lowest BCUT2D eigenvalue weighted by Crippen LogP contribution is -2.10. The summed E-state index contributed by atoms with van der Waals surface area (Å²) in [5.41, 5.74) is -1.64. The van der Waals surface area contributed by atoms with Gasteiger partial charge in [0.25, 0.3) is 0 Å². The van der Waals surface area contributed by atoms with E-state index >= 15 is 0 Å². The lowest BCUT2D eigenvalue weighted by Gasteiger charge is -1.69. The molecule has 0 fully saturated rings. The van der Waals surface area contributed by atoms with Crippen molar-refractivity contribution in [2.24, 2.45) is 0 Å². The largest absolute Gasteiger partial charge is 0.622 e. The molecule has 0 bridgehead atoms. The Labute approximate surface area is 34.8 Å². The molecule has 0 aromatic carbocycles. The minimum absolute atomic E-state index is 1.64. The lowest BCUT2D eigenvalue weighted by molar-refractivity contribution is 0.212. The summed E-state index contributed by atoms with van der Waals surface area (Å²) in [5, 5.41) is 7.47. The Morgan fingerprint density at radius 3 is 1.83 bits per heavy atom. The van der Waals surface area contributed by atoms with Crippen LogP contribution in [0.15, 0.2) is 0 Å². The lowest BCUT2D eigenvalue weighted by atomic mass is 11.6. The monoisotopic (exact) mass is 106 g/mol. The summed E-state index contributed by atoms with van der Waals surface area (Å²) < 4.78 is 9.28. The average Bonchev–Trinajstić information content (AvgIpc) is 1.36. The van der Waals surface area contributed by atoms with Crippen molar-refractivity contribution >= 4 is 14.5 Å². The van der Waals surface area contributed by atoms with Gasteiger partial charge in [-0.15, -0.1) is 0 Å². The number of hydrogen-bond donors (Lipinski definition) is 2. The SMILES string of the molecule is O=C(O)[Si](=O)O. The van der Waals surface area contributed by atoms with Crippen LogP contribution in [0.3, 0.4) is 0 Å². The van der Waals surface area contributed by atoms with Crippen LogP contribution in [0, 0.1) is 0 Å². The molecule has 0 saturated carbocycles. The van der Waals surface area contributed by atoms with Crippen molar-refractivity contribution < 1.29 is 19.2 Å². The Balaban J connectivity index is 3.57. The molecule has 0 aromatic rings. The van der Waals surface area contributed by atoms with Crippen LogP contribution < -0.4 is 0 Å². The third kappa shape index (κ3) is 1.59. The summed E-state index contributed by atoms with van der Waals surface area (Å²) in [6.07, 6.45) is 0. The van der Waals surface area contributed by atoms with Crippen LogP contribution in [-0.4, -0.2) is 24.4 Å². The summed E-state index contributed by atoms with van der Waals surface area (Å²) >= 11 is 0. The fourth-order valence-electron chi connectivity index (χ4n) is 0. The van der Waals surface area contributed by atoms with E-state index in [1.807, 2.05) is 0 Å². The van der Waals surface area contributed by atoms with Gasteiger partial charge in [0.1, 0.15) is 0 Å². The van der Waals surface area contributed by atoms with Gasteiger partial charge in [-0.2, -0.15) is 0 Å². The van der Waals surface area contributed by atoms with Gasteiger partial charge in [-0.3, -0.25) is 0 Å².